The van der Waals surface area contributed by atoms with Crippen molar-refractivity contribution in [3.05, 3.63) is 24.3 Å². The molecule has 2 rings (SSSR count). The molecule has 2 N–H and O–H groups in total. The summed E-state index contributed by atoms with van der Waals surface area (Å²) in [5.74, 6) is 1.82. The quantitative estimate of drug-likeness (QED) is 0.853. The lowest BCUT2D eigenvalue weighted by molar-refractivity contribution is 0.208. The van der Waals surface area contributed by atoms with Crippen LogP contribution in [0.4, 0.5) is 0 Å². The molecular formula is C14H21NO2. The summed E-state index contributed by atoms with van der Waals surface area (Å²) < 4.78 is 11.4. The van der Waals surface area contributed by atoms with Crippen LogP contribution in [-0.2, 0) is 0 Å². The Morgan fingerprint density at radius 3 is 2.47 bits per heavy atom. The third kappa shape index (κ3) is 3.63. The molecule has 1 aromatic carbocycles. The van der Waals surface area contributed by atoms with Gasteiger partial charge in [0, 0.05) is 6.04 Å². The third-order valence-corrected chi connectivity index (χ3v) is 3.02. The fraction of sp³-hybridized carbons (Fsp3) is 0.571. The van der Waals surface area contributed by atoms with E-state index >= 15 is 0 Å². The molecule has 0 saturated heterocycles. The number of ether oxygens (including phenoxy) is 2. The van der Waals surface area contributed by atoms with E-state index in [0.29, 0.717) is 6.04 Å². The monoisotopic (exact) mass is 235 g/mol. The van der Waals surface area contributed by atoms with Crippen molar-refractivity contribution in [2.45, 2.75) is 44.8 Å². The first-order valence-corrected chi connectivity index (χ1v) is 6.43. The van der Waals surface area contributed by atoms with Gasteiger partial charge in [0.05, 0.1) is 6.61 Å². The van der Waals surface area contributed by atoms with Crippen LogP contribution in [0.1, 0.15) is 32.6 Å². The summed E-state index contributed by atoms with van der Waals surface area (Å²) in [6, 6.07) is 8.16. The second-order valence-corrected chi connectivity index (χ2v) is 4.63. The fourth-order valence-electron chi connectivity index (χ4n) is 2.11. The lowest BCUT2D eigenvalue weighted by Gasteiger charge is -2.13. The lowest BCUT2D eigenvalue weighted by atomic mass is 10.2. The Labute approximate surface area is 103 Å². The summed E-state index contributed by atoms with van der Waals surface area (Å²) in [4.78, 5) is 0. The van der Waals surface area contributed by atoms with Gasteiger partial charge in [-0.05, 0) is 49.9 Å². The maximum Gasteiger partial charge on any atom is 0.119 e. The topological polar surface area (TPSA) is 44.5 Å². The van der Waals surface area contributed by atoms with Crippen LogP contribution < -0.4 is 15.2 Å². The molecule has 1 aromatic rings. The van der Waals surface area contributed by atoms with Crippen molar-refractivity contribution in [1.82, 2.24) is 0 Å². The van der Waals surface area contributed by atoms with Crippen LogP contribution in [0.5, 0.6) is 11.5 Å². The van der Waals surface area contributed by atoms with Crippen LogP contribution in [0, 0.1) is 0 Å². The standard InChI is InChI=1S/C14H21NO2/c1-2-9-16-12-5-7-13(8-6-12)17-14-4-3-11(15)10-14/h5-8,11,14H,2-4,9-10,15H2,1H3. The van der Waals surface area contributed by atoms with Crippen LogP contribution >= 0.6 is 0 Å². The Hall–Kier alpha value is -1.22. The van der Waals surface area contributed by atoms with Gasteiger partial charge in [0.15, 0.2) is 0 Å². The smallest absolute Gasteiger partial charge is 0.119 e. The molecular weight excluding hydrogens is 214 g/mol. The van der Waals surface area contributed by atoms with Gasteiger partial charge in [0.25, 0.3) is 0 Å². The molecule has 0 heterocycles. The summed E-state index contributed by atoms with van der Waals surface area (Å²) in [5.41, 5.74) is 5.86. The number of nitrogens with two attached hydrogens (primary N) is 1. The molecule has 94 valence electrons. The molecule has 17 heavy (non-hydrogen) atoms. The zero-order valence-electron chi connectivity index (χ0n) is 10.4. The predicted octanol–water partition coefficient (Wildman–Crippen LogP) is 2.73. The lowest BCUT2D eigenvalue weighted by Crippen LogP contribution is -2.19. The van der Waals surface area contributed by atoms with Crippen molar-refractivity contribution in [3.8, 4) is 11.5 Å². The Balaban J connectivity index is 1.85. The van der Waals surface area contributed by atoms with E-state index in [2.05, 4.69) is 6.92 Å². The second kappa shape index (κ2) is 5.92. The van der Waals surface area contributed by atoms with E-state index in [9.17, 15) is 0 Å². The molecule has 0 amide bonds. The summed E-state index contributed by atoms with van der Waals surface area (Å²) >= 11 is 0. The zero-order chi connectivity index (χ0) is 12.1. The van der Waals surface area contributed by atoms with Crippen LogP contribution in [0.3, 0.4) is 0 Å². The Kier molecular flexibility index (Phi) is 4.26. The molecule has 2 atom stereocenters. The molecule has 1 aliphatic rings. The minimum absolute atomic E-state index is 0.285. The van der Waals surface area contributed by atoms with Gasteiger partial charge < -0.3 is 15.2 Å². The molecule has 3 heteroatoms. The van der Waals surface area contributed by atoms with E-state index in [1.54, 1.807) is 0 Å². The van der Waals surface area contributed by atoms with Crippen molar-refractivity contribution in [2.24, 2.45) is 5.73 Å². The second-order valence-electron chi connectivity index (χ2n) is 4.63. The van der Waals surface area contributed by atoms with E-state index in [1.807, 2.05) is 24.3 Å². The summed E-state index contributed by atoms with van der Waals surface area (Å²) in [5, 5.41) is 0. The molecule has 0 aromatic heterocycles. The Bertz CT molecular complexity index is 337. The first kappa shape index (κ1) is 12.2. The van der Waals surface area contributed by atoms with Gasteiger partial charge in [-0.2, -0.15) is 0 Å². The SMILES string of the molecule is CCCOc1ccc(OC2CCC(N)C2)cc1. The molecule has 3 nitrogen and oxygen atoms in total. The minimum atomic E-state index is 0.285. The van der Waals surface area contributed by atoms with Crippen molar-refractivity contribution < 1.29 is 9.47 Å². The summed E-state index contributed by atoms with van der Waals surface area (Å²) in [7, 11) is 0. The van der Waals surface area contributed by atoms with E-state index in [0.717, 1.165) is 43.8 Å². The molecule has 1 fully saturated rings. The van der Waals surface area contributed by atoms with Crippen molar-refractivity contribution >= 4 is 0 Å². The van der Waals surface area contributed by atoms with Gasteiger partial charge in [-0.1, -0.05) is 6.92 Å². The Morgan fingerprint density at radius 1 is 1.18 bits per heavy atom. The third-order valence-electron chi connectivity index (χ3n) is 3.02. The Morgan fingerprint density at radius 2 is 1.88 bits per heavy atom. The zero-order valence-corrected chi connectivity index (χ0v) is 10.4. The van der Waals surface area contributed by atoms with Crippen molar-refractivity contribution in [3.63, 3.8) is 0 Å². The minimum Gasteiger partial charge on any atom is -0.494 e. The molecule has 2 unspecified atom stereocenters. The van der Waals surface area contributed by atoms with E-state index in [-0.39, 0.29) is 6.10 Å². The maximum atomic E-state index is 5.87. The highest BCUT2D eigenvalue weighted by Gasteiger charge is 2.22. The highest BCUT2D eigenvalue weighted by molar-refractivity contribution is 5.31. The summed E-state index contributed by atoms with van der Waals surface area (Å²) in [6.07, 6.45) is 4.41. The van der Waals surface area contributed by atoms with Crippen LogP contribution in [0.2, 0.25) is 0 Å². The number of benzene rings is 1. The van der Waals surface area contributed by atoms with Crippen LogP contribution in [0.25, 0.3) is 0 Å². The first-order chi connectivity index (χ1) is 8.28. The summed E-state index contributed by atoms with van der Waals surface area (Å²) in [6.45, 7) is 2.86. The number of rotatable bonds is 5. The highest BCUT2D eigenvalue weighted by atomic mass is 16.5. The van der Waals surface area contributed by atoms with Gasteiger partial charge in [0.2, 0.25) is 0 Å². The van der Waals surface area contributed by atoms with Gasteiger partial charge in [0.1, 0.15) is 17.6 Å². The first-order valence-electron chi connectivity index (χ1n) is 6.43. The van der Waals surface area contributed by atoms with Gasteiger partial charge in [-0.3, -0.25) is 0 Å². The largest absolute Gasteiger partial charge is 0.494 e. The van der Waals surface area contributed by atoms with Crippen LogP contribution in [-0.4, -0.2) is 18.8 Å². The van der Waals surface area contributed by atoms with Crippen molar-refractivity contribution in [1.29, 1.82) is 0 Å². The molecule has 0 bridgehead atoms. The predicted molar refractivity (Wildman–Crippen MR) is 68.5 cm³/mol. The molecule has 1 aliphatic carbocycles. The van der Waals surface area contributed by atoms with Gasteiger partial charge in [-0.15, -0.1) is 0 Å². The molecule has 0 spiro atoms. The number of hydrogen-bond donors (Lipinski definition) is 1. The average molecular weight is 235 g/mol. The van der Waals surface area contributed by atoms with Crippen LogP contribution in [0.15, 0.2) is 24.3 Å². The fourth-order valence-corrected chi connectivity index (χ4v) is 2.11. The molecule has 0 aliphatic heterocycles. The highest BCUT2D eigenvalue weighted by Crippen LogP contribution is 2.25. The maximum absolute atomic E-state index is 5.87. The number of hydrogen-bond acceptors (Lipinski definition) is 3. The van der Waals surface area contributed by atoms with E-state index in [4.69, 9.17) is 15.2 Å². The van der Waals surface area contributed by atoms with Gasteiger partial charge >= 0.3 is 0 Å². The molecule has 0 radical (unpaired) electrons. The van der Waals surface area contributed by atoms with E-state index in [1.165, 1.54) is 0 Å². The molecule has 1 saturated carbocycles. The van der Waals surface area contributed by atoms with Gasteiger partial charge in [-0.25, -0.2) is 0 Å². The average Bonchev–Trinajstić information content (AvgIpc) is 2.74. The van der Waals surface area contributed by atoms with E-state index < -0.39 is 0 Å². The normalized spacial score (nSPS) is 23.6. The van der Waals surface area contributed by atoms with Crippen molar-refractivity contribution in [2.75, 3.05) is 6.61 Å².